The predicted octanol–water partition coefficient (Wildman–Crippen LogP) is 2.33. The number of hydrogen-bond donors (Lipinski definition) is 0. The zero-order valence-corrected chi connectivity index (χ0v) is 10.8. The Morgan fingerprint density at radius 1 is 1.12 bits per heavy atom. The fraction of sp³-hybridized carbons (Fsp3) is 0.462. The molecular formula is C13H18N4. The third-order valence-electron chi connectivity index (χ3n) is 2.70. The largest absolute Gasteiger partial charge is 0.171 e. The van der Waals surface area contributed by atoms with Gasteiger partial charge in [-0.1, -0.05) is 45.0 Å². The van der Waals surface area contributed by atoms with E-state index in [2.05, 4.69) is 60.4 Å². The van der Waals surface area contributed by atoms with E-state index in [1.165, 1.54) is 11.1 Å². The van der Waals surface area contributed by atoms with Crippen molar-refractivity contribution in [3.63, 3.8) is 0 Å². The molecule has 2 rings (SSSR count). The molecule has 1 heterocycles. The first-order chi connectivity index (χ1) is 7.95. The van der Waals surface area contributed by atoms with Crippen molar-refractivity contribution in [1.82, 2.24) is 20.2 Å². The third kappa shape index (κ3) is 2.90. The lowest BCUT2D eigenvalue weighted by Gasteiger charge is -2.19. The molecule has 0 saturated heterocycles. The molecule has 0 N–H and O–H groups in total. The van der Waals surface area contributed by atoms with E-state index in [0.29, 0.717) is 12.4 Å². The normalized spacial score (nSPS) is 11.8. The first-order valence-electron chi connectivity index (χ1n) is 5.79. The van der Waals surface area contributed by atoms with Gasteiger partial charge in [0.2, 0.25) is 0 Å². The fourth-order valence-electron chi connectivity index (χ4n) is 1.66. The summed E-state index contributed by atoms with van der Waals surface area (Å²) in [4.78, 5) is 1.61. The molecule has 1 aromatic heterocycles. The summed E-state index contributed by atoms with van der Waals surface area (Å²) in [6.07, 6.45) is 0. The zero-order valence-electron chi connectivity index (χ0n) is 10.8. The minimum Gasteiger partial charge on any atom is -0.160 e. The van der Waals surface area contributed by atoms with Crippen LogP contribution in [0.3, 0.4) is 0 Å². The monoisotopic (exact) mass is 230 g/mol. The molecule has 0 bridgehead atoms. The molecule has 0 aliphatic carbocycles. The summed E-state index contributed by atoms with van der Waals surface area (Å²) in [5.41, 5.74) is 2.72. The Kier molecular flexibility index (Phi) is 2.96. The molecule has 4 nitrogen and oxygen atoms in total. The lowest BCUT2D eigenvalue weighted by atomic mass is 9.87. The van der Waals surface area contributed by atoms with Gasteiger partial charge in [0.25, 0.3) is 0 Å². The minimum absolute atomic E-state index is 0.195. The zero-order chi connectivity index (χ0) is 12.5. The van der Waals surface area contributed by atoms with Crippen molar-refractivity contribution in [2.45, 2.75) is 39.7 Å². The maximum atomic E-state index is 4.17. The Morgan fingerprint density at radius 2 is 1.76 bits per heavy atom. The minimum atomic E-state index is 0.195. The van der Waals surface area contributed by atoms with Gasteiger partial charge in [-0.25, -0.2) is 0 Å². The number of rotatable bonds is 2. The van der Waals surface area contributed by atoms with Gasteiger partial charge in [0.1, 0.15) is 0 Å². The van der Waals surface area contributed by atoms with E-state index in [1.54, 1.807) is 4.80 Å². The van der Waals surface area contributed by atoms with Gasteiger partial charge in [0, 0.05) is 0 Å². The topological polar surface area (TPSA) is 43.6 Å². The van der Waals surface area contributed by atoms with Gasteiger partial charge in [0.15, 0.2) is 5.82 Å². The Labute approximate surface area is 102 Å². The van der Waals surface area contributed by atoms with E-state index in [4.69, 9.17) is 0 Å². The van der Waals surface area contributed by atoms with Gasteiger partial charge in [-0.3, -0.25) is 0 Å². The summed E-state index contributed by atoms with van der Waals surface area (Å²) < 4.78 is 0. The molecule has 0 fully saturated rings. The number of nitrogens with zero attached hydrogens (tertiary/aromatic N) is 4. The molecule has 0 amide bonds. The maximum Gasteiger partial charge on any atom is 0.171 e. The van der Waals surface area contributed by atoms with Crippen LogP contribution in [0.4, 0.5) is 0 Å². The molecule has 0 atom stereocenters. The van der Waals surface area contributed by atoms with Gasteiger partial charge in [-0.15, -0.1) is 10.2 Å². The van der Waals surface area contributed by atoms with Gasteiger partial charge in [-0.05, 0) is 28.7 Å². The maximum absolute atomic E-state index is 4.17. The number of benzene rings is 1. The van der Waals surface area contributed by atoms with Crippen LogP contribution in [0.2, 0.25) is 0 Å². The molecule has 0 unspecified atom stereocenters. The summed E-state index contributed by atoms with van der Waals surface area (Å²) in [7, 11) is 0. The van der Waals surface area contributed by atoms with Crippen molar-refractivity contribution in [3.05, 3.63) is 41.2 Å². The summed E-state index contributed by atoms with van der Waals surface area (Å²) in [5.74, 6) is 0.705. The Morgan fingerprint density at radius 3 is 2.24 bits per heavy atom. The molecule has 90 valence electrons. The summed E-state index contributed by atoms with van der Waals surface area (Å²) in [5, 5.41) is 12.0. The van der Waals surface area contributed by atoms with E-state index in [0.717, 1.165) is 0 Å². The molecule has 0 aliphatic heterocycles. The van der Waals surface area contributed by atoms with Crippen molar-refractivity contribution < 1.29 is 0 Å². The van der Waals surface area contributed by atoms with E-state index < -0.39 is 0 Å². The highest BCUT2D eigenvalue weighted by molar-refractivity contribution is 5.27. The van der Waals surface area contributed by atoms with E-state index >= 15 is 0 Å². The molecule has 0 spiro atoms. The van der Waals surface area contributed by atoms with Crippen LogP contribution in [-0.4, -0.2) is 20.2 Å². The van der Waals surface area contributed by atoms with Crippen LogP contribution >= 0.6 is 0 Å². The van der Waals surface area contributed by atoms with Crippen molar-refractivity contribution in [2.24, 2.45) is 0 Å². The highest BCUT2D eigenvalue weighted by Crippen LogP contribution is 2.22. The molecule has 4 heteroatoms. The van der Waals surface area contributed by atoms with Crippen LogP contribution in [0, 0.1) is 6.92 Å². The first kappa shape index (κ1) is 11.8. The second kappa shape index (κ2) is 4.28. The third-order valence-corrected chi connectivity index (χ3v) is 2.70. The quantitative estimate of drug-likeness (QED) is 0.795. The fourth-order valence-corrected chi connectivity index (χ4v) is 1.66. The molecule has 2 aromatic rings. The second-order valence-electron chi connectivity index (χ2n) is 5.31. The molecule has 17 heavy (non-hydrogen) atoms. The van der Waals surface area contributed by atoms with E-state index in [9.17, 15) is 0 Å². The number of aromatic nitrogens is 4. The van der Waals surface area contributed by atoms with E-state index in [-0.39, 0.29) is 5.41 Å². The van der Waals surface area contributed by atoms with Crippen LogP contribution in [0.1, 0.15) is 37.7 Å². The number of hydrogen-bond acceptors (Lipinski definition) is 3. The highest BCUT2D eigenvalue weighted by atomic mass is 15.6. The average Bonchev–Trinajstić information content (AvgIpc) is 2.63. The van der Waals surface area contributed by atoms with Crippen LogP contribution in [0.5, 0.6) is 0 Å². The van der Waals surface area contributed by atoms with Gasteiger partial charge in [-0.2, -0.15) is 4.80 Å². The smallest absolute Gasteiger partial charge is 0.160 e. The van der Waals surface area contributed by atoms with Crippen molar-refractivity contribution in [2.75, 3.05) is 0 Å². The molecule has 0 radical (unpaired) electrons. The molecule has 1 aromatic carbocycles. The van der Waals surface area contributed by atoms with Crippen LogP contribution in [0.25, 0.3) is 0 Å². The van der Waals surface area contributed by atoms with Crippen molar-refractivity contribution in [3.8, 4) is 0 Å². The summed E-state index contributed by atoms with van der Waals surface area (Å²) in [6.45, 7) is 9.15. The van der Waals surface area contributed by atoms with Crippen LogP contribution in [0.15, 0.2) is 24.3 Å². The van der Waals surface area contributed by atoms with Gasteiger partial charge in [0.05, 0.1) is 6.54 Å². The van der Waals surface area contributed by atoms with Gasteiger partial charge >= 0.3 is 0 Å². The first-order valence-corrected chi connectivity index (χ1v) is 5.79. The molecule has 0 aliphatic rings. The summed E-state index contributed by atoms with van der Waals surface area (Å²) in [6, 6.07) is 8.58. The van der Waals surface area contributed by atoms with Crippen molar-refractivity contribution in [1.29, 1.82) is 0 Å². The summed E-state index contributed by atoms with van der Waals surface area (Å²) >= 11 is 0. The van der Waals surface area contributed by atoms with Crippen molar-refractivity contribution >= 4 is 0 Å². The lowest BCUT2D eigenvalue weighted by molar-refractivity contribution is 0.568. The van der Waals surface area contributed by atoms with Crippen LogP contribution in [-0.2, 0) is 12.0 Å². The number of aryl methyl sites for hydroxylation is 1. The van der Waals surface area contributed by atoms with Gasteiger partial charge < -0.3 is 0 Å². The number of tetrazole rings is 1. The lowest BCUT2D eigenvalue weighted by Crippen LogP contribution is -2.11. The molecule has 0 saturated carbocycles. The van der Waals surface area contributed by atoms with Crippen LogP contribution < -0.4 is 0 Å². The Hall–Kier alpha value is -1.71. The Bertz CT molecular complexity index is 491. The Balaban J connectivity index is 2.13. The SMILES string of the molecule is Cc1nnn(Cc2ccc(C(C)(C)C)cc2)n1. The van der Waals surface area contributed by atoms with E-state index in [1.807, 2.05) is 6.92 Å². The molecular weight excluding hydrogens is 212 g/mol. The average molecular weight is 230 g/mol. The predicted molar refractivity (Wildman–Crippen MR) is 66.8 cm³/mol. The highest BCUT2D eigenvalue weighted by Gasteiger charge is 2.12. The second-order valence-corrected chi connectivity index (χ2v) is 5.31. The standard InChI is InChI=1S/C13H18N4/c1-10-14-16-17(15-10)9-11-5-7-12(8-6-11)13(2,3)4/h5-8H,9H2,1-4H3.